The monoisotopic (exact) mass is 400 g/mol. The lowest BCUT2D eigenvalue weighted by atomic mass is 10.0. The summed E-state index contributed by atoms with van der Waals surface area (Å²) in [6.45, 7) is 7.65. The van der Waals surface area contributed by atoms with Crippen LogP contribution in [0.3, 0.4) is 0 Å². The molecule has 2 aromatic rings. The lowest BCUT2D eigenvalue weighted by Crippen LogP contribution is -2.53. The Kier molecular flexibility index (Phi) is 7.06. The molecule has 1 fully saturated rings. The molecule has 6 nitrogen and oxygen atoms in total. The highest BCUT2D eigenvalue weighted by Crippen LogP contribution is 2.26. The quantitative estimate of drug-likeness (QED) is 0.783. The third-order valence-corrected chi connectivity index (χ3v) is 5.84. The molecule has 0 saturated carbocycles. The standard InChI is InChI=1S/C21H28N4O2S/c1-3-22-21(27)25-12-10-24(11-13-25)15-19(26)23-20(18-5-4-14-28-18)17-8-6-16(2)7-9-17/h4-9,14,20H,3,10-13,15H2,1-2H3,(H,22,27)(H,23,26). The maximum Gasteiger partial charge on any atom is 0.317 e. The van der Waals surface area contributed by atoms with Gasteiger partial charge in [0.15, 0.2) is 0 Å². The number of rotatable bonds is 6. The summed E-state index contributed by atoms with van der Waals surface area (Å²) >= 11 is 1.65. The molecule has 1 atom stereocenters. The molecule has 3 rings (SSSR count). The average molecular weight is 401 g/mol. The van der Waals surface area contributed by atoms with E-state index >= 15 is 0 Å². The van der Waals surface area contributed by atoms with Crippen LogP contribution in [-0.4, -0.2) is 61.0 Å². The van der Waals surface area contributed by atoms with Gasteiger partial charge in [0.25, 0.3) is 0 Å². The van der Waals surface area contributed by atoms with E-state index in [4.69, 9.17) is 0 Å². The smallest absolute Gasteiger partial charge is 0.317 e. The highest BCUT2D eigenvalue weighted by Gasteiger charge is 2.24. The number of carbonyl (C=O) groups excluding carboxylic acids is 2. The normalized spacial score (nSPS) is 15.9. The fourth-order valence-corrected chi connectivity index (χ4v) is 4.12. The van der Waals surface area contributed by atoms with E-state index < -0.39 is 0 Å². The molecule has 1 aliphatic heterocycles. The van der Waals surface area contributed by atoms with Gasteiger partial charge in [-0.15, -0.1) is 11.3 Å². The van der Waals surface area contributed by atoms with Crippen LogP contribution in [0.2, 0.25) is 0 Å². The maximum atomic E-state index is 12.7. The summed E-state index contributed by atoms with van der Waals surface area (Å²) < 4.78 is 0. The number of piperazine rings is 1. The minimum atomic E-state index is -0.135. The Morgan fingerprint density at radius 2 is 1.82 bits per heavy atom. The Hall–Kier alpha value is -2.38. The fraction of sp³-hybridized carbons (Fsp3) is 0.429. The molecule has 1 aromatic carbocycles. The number of nitrogens with zero attached hydrogens (tertiary/aromatic N) is 2. The molecule has 1 aromatic heterocycles. The van der Waals surface area contributed by atoms with Gasteiger partial charge in [-0.25, -0.2) is 4.79 Å². The van der Waals surface area contributed by atoms with E-state index in [2.05, 4.69) is 52.8 Å². The summed E-state index contributed by atoms with van der Waals surface area (Å²) in [5.41, 5.74) is 2.28. The molecule has 1 saturated heterocycles. The zero-order valence-electron chi connectivity index (χ0n) is 16.5. The zero-order chi connectivity index (χ0) is 19.9. The van der Waals surface area contributed by atoms with Crippen LogP contribution in [0.1, 0.15) is 29.0 Å². The molecule has 0 spiro atoms. The predicted octanol–water partition coefficient (Wildman–Crippen LogP) is 2.61. The summed E-state index contributed by atoms with van der Waals surface area (Å²) in [5.74, 6) is 0.00503. The van der Waals surface area contributed by atoms with Gasteiger partial charge < -0.3 is 15.5 Å². The van der Waals surface area contributed by atoms with E-state index in [1.165, 1.54) is 5.56 Å². The van der Waals surface area contributed by atoms with Crippen molar-refractivity contribution in [2.45, 2.75) is 19.9 Å². The predicted molar refractivity (Wildman–Crippen MR) is 113 cm³/mol. The molecule has 1 aliphatic rings. The summed E-state index contributed by atoms with van der Waals surface area (Å²) in [7, 11) is 0. The largest absolute Gasteiger partial charge is 0.343 e. The second-order valence-corrected chi connectivity index (χ2v) is 8.00. The highest BCUT2D eigenvalue weighted by molar-refractivity contribution is 7.10. The molecule has 0 bridgehead atoms. The van der Waals surface area contributed by atoms with Crippen LogP contribution in [-0.2, 0) is 4.79 Å². The van der Waals surface area contributed by atoms with Gasteiger partial charge >= 0.3 is 6.03 Å². The number of carbonyl (C=O) groups is 2. The second kappa shape index (κ2) is 9.71. The van der Waals surface area contributed by atoms with E-state index in [1.54, 1.807) is 16.2 Å². The molecule has 1 unspecified atom stereocenters. The Morgan fingerprint density at radius 1 is 1.11 bits per heavy atom. The van der Waals surface area contributed by atoms with E-state index in [0.29, 0.717) is 39.3 Å². The minimum Gasteiger partial charge on any atom is -0.343 e. The van der Waals surface area contributed by atoms with Crippen molar-refractivity contribution in [3.63, 3.8) is 0 Å². The molecule has 0 aliphatic carbocycles. The number of benzene rings is 1. The Morgan fingerprint density at radius 3 is 2.43 bits per heavy atom. The van der Waals surface area contributed by atoms with Crippen LogP contribution in [0.4, 0.5) is 4.79 Å². The number of nitrogens with one attached hydrogen (secondary N) is 2. The third kappa shape index (κ3) is 5.33. The Labute approximate surface area is 170 Å². The topological polar surface area (TPSA) is 64.7 Å². The van der Waals surface area contributed by atoms with Gasteiger partial charge in [0, 0.05) is 37.6 Å². The van der Waals surface area contributed by atoms with Crippen molar-refractivity contribution in [3.05, 3.63) is 57.8 Å². The number of hydrogen-bond acceptors (Lipinski definition) is 4. The highest BCUT2D eigenvalue weighted by atomic mass is 32.1. The summed E-state index contributed by atoms with van der Waals surface area (Å²) in [5, 5.41) is 8.05. The van der Waals surface area contributed by atoms with Gasteiger partial charge in [-0.1, -0.05) is 35.9 Å². The number of aryl methyl sites for hydroxylation is 1. The van der Waals surface area contributed by atoms with Gasteiger partial charge in [0.1, 0.15) is 0 Å². The Bertz CT molecular complexity index is 768. The second-order valence-electron chi connectivity index (χ2n) is 7.03. The molecular formula is C21H28N4O2S. The van der Waals surface area contributed by atoms with Crippen molar-refractivity contribution in [3.8, 4) is 0 Å². The van der Waals surface area contributed by atoms with Gasteiger partial charge in [-0.2, -0.15) is 0 Å². The van der Waals surface area contributed by atoms with Crippen molar-refractivity contribution in [1.29, 1.82) is 0 Å². The van der Waals surface area contributed by atoms with E-state index in [9.17, 15) is 9.59 Å². The SMILES string of the molecule is CCNC(=O)N1CCN(CC(=O)NC(c2ccc(C)cc2)c2cccs2)CC1. The van der Waals surface area contributed by atoms with E-state index in [1.807, 2.05) is 18.4 Å². The number of thiophene rings is 1. The van der Waals surface area contributed by atoms with Crippen molar-refractivity contribution in [1.82, 2.24) is 20.4 Å². The van der Waals surface area contributed by atoms with E-state index in [0.717, 1.165) is 10.4 Å². The number of urea groups is 1. The first-order chi connectivity index (χ1) is 13.6. The Balaban J connectivity index is 1.58. The molecule has 2 heterocycles. The van der Waals surface area contributed by atoms with Crippen LogP contribution in [0.5, 0.6) is 0 Å². The van der Waals surface area contributed by atoms with Gasteiger partial charge in [-0.3, -0.25) is 9.69 Å². The van der Waals surface area contributed by atoms with Crippen molar-refractivity contribution in [2.75, 3.05) is 39.3 Å². The first-order valence-corrected chi connectivity index (χ1v) is 10.6. The summed E-state index contributed by atoms with van der Waals surface area (Å²) in [6.07, 6.45) is 0. The third-order valence-electron chi connectivity index (χ3n) is 4.90. The molecule has 150 valence electrons. The molecule has 0 radical (unpaired) electrons. The van der Waals surface area contributed by atoms with E-state index in [-0.39, 0.29) is 18.0 Å². The van der Waals surface area contributed by atoms with Gasteiger partial charge in [0.05, 0.1) is 12.6 Å². The van der Waals surface area contributed by atoms with Crippen LogP contribution in [0.15, 0.2) is 41.8 Å². The summed E-state index contributed by atoms with van der Waals surface area (Å²) in [6, 6.07) is 12.2. The van der Waals surface area contributed by atoms with Crippen molar-refractivity contribution < 1.29 is 9.59 Å². The molecule has 2 N–H and O–H groups in total. The minimum absolute atomic E-state index is 0.00503. The average Bonchev–Trinajstić information content (AvgIpc) is 3.22. The van der Waals surface area contributed by atoms with Crippen LogP contribution in [0.25, 0.3) is 0 Å². The maximum absolute atomic E-state index is 12.7. The van der Waals surface area contributed by atoms with Crippen molar-refractivity contribution >= 4 is 23.3 Å². The molecular weight excluding hydrogens is 372 g/mol. The van der Waals surface area contributed by atoms with Gasteiger partial charge in [0.2, 0.25) is 5.91 Å². The zero-order valence-corrected chi connectivity index (χ0v) is 17.3. The van der Waals surface area contributed by atoms with Crippen LogP contribution >= 0.6 is 11.3 Å². The fourth-order valence-electron chi connectivity index (χ4n) is 3.31. The molecule has 3 amide bonds. The lowest BCUT2D eigenvalue weighted by molar-refractivity contribution is -0.123. The first-order valence-electron chi connectivity index (χ1n) is 9.71. The number of amides is 3. The lowest BCUT2D eigenvalue weighted by Gasteiger charge is -2.34. The van der Waals surface area contributed by atoms with Crippen LogP contribution in [0, 0.1) is 6.92 Å². The van der Waals surface area contributed by atoms with Gasteiger partial charge in [-0.05, 0) is 30.9 Å². The van der Waals surface area contributed by atoms with Crippen molar-refractivity contribution in [2.24, 2.45) is 0 Å². The summed E-state index contributed by atoms with van der Waals surface area (Å²) in [4.78, 5) is 29.7. The van der Waals surface area contributed by atoms with Crippen LogP contribution < -0.4 is 10.6 Å². The first kappa shape index (κ1) is 20.4. The molecule has 28 heavy (non-hydrogen) atoms. The number of hydrogen-bond donors (Lipinski definition) is 2. The molecule has 7 heteroatoms.